The van der Waals surface area contributed by atoms with E-state index in [0.717, 1.165) is 0 Å². The SMILES string of the molecule is CCC(=O)C(C)C(C#N)(C#N)C(C#N)C#N. The van der Waals surface area contributed by atoms with E-state index in [0.29, 0.717) is 0 Å². The van der Waals surface area contributed by atoms with E-state index < -0.39 is 17.3 Å². The van der Waals surface area contributed by atoms with Crippen molar-refractivity contribution in [3.8, 4) is 24.3 Å². The number of nitriles is 4. The summed E-state index contributed by atoms with van der Waals surface area (Å²) in [6.07, 6.45) is 0.163. The molecule has 0 spiro atoms. The number of nitrogens with zero attached hydrogens (tertiary/aromatic N) is 4. The maximum Gasteiger partial charge on any atom is 0.181 e. The summed E-state index contributed by atoms with van der Waals surface area (Å²) in [7, 11) is 0. The summed E-state index contributed by atoms with van der Waals surface area (Å²) in [5, 5.41) is 35.5. The van der Waals surface area contributed by atoms with Gasteiger partial charge in [0.2, 0.25) is 0 Å². The van der Waals surface area contributed by atoms with Gasteiger partial charge in [0, 0.05) is 12.3 Å². The molecule has 1 atom stereocenters. The second-order valence-corrected chi connectivity index (χ2v) is 3.33. The number of hydrogen-bond acceptors (Lipinski definition) is 5. The smallest absolute Gasteiger partial charge is 0.181 e. The molecule has 0 saturated heterocycles. The van der Waals surface area contributed by atoms with Crippen LogP contribution in [0.4, 0.5) is 0 Å². The van der Waals surface area contributed by atoms with Crippen LogP contribution in [0.3, 0.4) is 0 Å². The van der Waals surface area contributed by atoms with Crippen LogP contribution in [-0.2, 0) is 4.79 Å². The van der Waals surface area contributed by atoms with Crippen molar-refractivity contribution in [1.82, 2.24) is 0 Å². The van der Waals surface area contributed by atoms with E-state index in [1.54, 1.807) is 31.2 Å². The van der Waals surface area contributed by atoms with Crippen molar-refractivity contribution >= 4 is 5.78 Å². The second-order valence-electron chi connectivity index (χ2n) is 3.33. The molecular formula is C11H10N4O. The lowest BCUT2D eigenvalue weighted by Crippen LogP contribution is -2.37. The van der Waals surface area contributed by atoms with Gasteiger partial charge in [-0.1, -0.05) is 13.8 Å². The van der Waals surface area contributed by atoms with Gasteiger partial charge in [0.15, 0.2) is 11.3 Å². The molecule has 0 aliphatic rings. The zero-order valence-corrected chi connectivity index (χ0v) is 9.06. The summed E-state index contributed by atoms with van der Waals surface area (Å²) in [6, 6.07) is 6.50. The first-order valence-corrected chi connectivity index (χ1v) is 4.68. The molecule has 0 aromatic rings. The summed E-state index contributed by atoms with van der Waals surface area (Å²) in [5.41, 5.74) is -1.88. The lowest BCUT2D eigenvalue weighted by molar-refractivity contribution is -0.124. The van der Waals surface area contributed by atoms with Gasteiger partial charge in [-0.2, -0.15) is 21.0 Å². The van der Waals surface area contributed by atoms with Crippen molar-refractivity contribution in [2.24, 2.45) is 17.3 Å². The molecule has 5 nitrogen and oxygen atoms in total. The zero-order chi connectivity index (χ0) is 12.8. The summed E-state index contributed by atoms with van der Waals surface area (Å²) in [5.74, 6) is -2.68. The highest BCUT2D eigenvalue weighted by atomic mass is 16.1. The molecule has 0 aliphatic heterocycles. The molecule has 0 fully saturated rings. The predicted octanol–water partition coefficient (Wildman–Crippen LogP) is 1.30. The topological polar surface area (TPSA) is 112 Å². The molecule has 1 unspecified atom stereocenters. The molecule has 5 heteroatoms. The number of carbonyl (C=O) groups excluding carboxylic acids is 1. The summed E-state index contributed by atoms with van der Waals surface area (Å²) >= 11 is 0. The number of carbonyl (C=O) groups is 1. The molecule has 0 aromatic heterocycles. The third-order valence-corrected chi connectivity index (χ3v) is 2.60. The monoisotopic (exact) mass is 214 g/mol. The number of rotatable bonds is 4. The Morgan fingerprint density at radius 2 is 1.62 bits per heavy atom. The van der Waals surface area contributed by atoms with Gasteiger partial charge < -0.3 is 0 Å². The first-order valence-electron chi connectivity index (χ1n) is 4.68. The maximum atomic E-state index is 11.5. The highest BCUT2D eigenvalue weighted by molar-refractivity contribution is 5.82. The third-order valence-electron chi connectivity index (χ3n) is 2.60. The molecular weight excluding hydrogens is 204 g/mol. The van der Waals surface area contributed by atoms with Gasteiger partial charge >= 0.3 is 0 Å². The fourth-order valence-corrected chi connectivity index (χ4v) is 1.39. The number of ketones is 1. The summed E-state index contributed by atoms with van der Waals surface area (Å²) in [6.45, 7) is 3.01. The van der Waals surface area contributed by atoms with Crippen LogP contribution >= 0.6 is 0 Å². The first-order chi connectivity index (χ1) is 7.53. The van der Waals surface area contributed by atoms with Crippen molar-refractivity contribution in [1.29, 1.82) is 21.0 Å². The normalized spacial score (nSPS) is 11.7. The number of hydrogen-bond donors (Lipinski definition) is 0. The van der Waals surface area contributed by atoms with Gasteiger partial charge in [-0.3, -0.25) is 4.79 Å². The van der Waals surface area contributed by atoms with Crippen molar-refractivity contribution in [2.75, 3.05) is 0 Å². The van der Waals surface area contributed by atoms with Crippen molar-refractivity contribution in [3.05, 3.63) is 0 Å². The molecule has 0 heterocycles. The summed E-state index contributed by atoms with van der Waals surface area (Å²) < 4.78 is 0. The quantitative estimate of drug-likeness (QED) is 0.699. The van der Waals surface area contributed by atoms with E-state index in [2.05, 4.69) is 0 Å². The average molecular weight is 214 g/mol. The molecule has 16 heavy (non-hydrogen) atoms. The van der Waals surface area contributed by atoms with Crippen LogP contribution < -0.4 is 0 Å². The van der Waals surface area contributed by atoms with Crippen LogP contribution in [0.25, 0.3) is 0 Å². The van der Waals surface area contributed by atoms with Crippen LogP contribution in [0, 0.1) is 62.6 Å². The van der Waals surface area contributed by atoms with Gasteiger partial charge in [-0.25, -0.2) is 0 Å². The third kappa shape index (κ3) is 2.00. The summed E-state index contributed by atoms with van der Waals surface area (Å²) in [4.78, 5) is 11.5. The minimum atomic E-state index is -1.88. The largest absolute Gasteiger partial charge is 0.299 e. The molecule has 0 rings (SSSR count). The first kappa shape index (κ1) is 13.6. The van der Waals surface area contributed by atoms with E-state index in [9.17, 15) is 4.79 Å². The Bertz CT molecular complexity index is 413. The van der Waals surface area contributed by atoms with E-state index in [1.165, 1.54) is 6.92 Å². The zero-order valence-electron chi connectivity index (χ0n) is 9.06. The molecule has 0 bridgehead atoms. The van der Waals surface area contributed by atoms with Crippen LogP contribution in [0.2, 0.25) is 0 Å². The van der Waals surface area contributed by atoms with Crippen molar-refractivity contribution in [3.63, 3.8) is 0 Å². The molecule has 0 N–H and O–H groups in total. The minimum Gasteiger partial charge on any atom is -0.299 e. The van der Waals surface area contributed by atoms with E-state index in [4.69, 9.17) is 21.0 Å². The second kappa shape index (κ2) is 5.50. The Labute approximate surface area is 94.1 Å². The molecule has 0 amide bonds. The maximum absolute atomic E-state index is 11.5. The lowest BCUT2D eigenvalue weighted by Gasteiger charge is -2.24. The highest BCUT2D eigenvalue weighted by Gasteiger charge is 2.48. The number of Topliss-reactive ketones (excluding diaryl/α,β-unsaturated/α-hetero) is 1. The fourth-order valence-electron chi connectivity index (χ4n) is 1.39. The Hall–Kier alpha value is -2.37. The van der Waals surface area contributed by atoms with Gasteiger partial charge in [0.25, 0.3) is 0 Å². The highest BCUT2D eigenvalue weighted by Crippen LogP contribution is 2.35. The lowest BCUT2D eigenvalue weighted by atomic mass is 9.68. The molecule has 0 radical (unpaired) electrons. The average Bonchev–Trinajstić information content (AvgIpc) is 2.34. The van der Waals surface area contributed by atoms with Crippen LogP contribution in [0.15, 0.2) is 0 Å². The molecule has 80 valence electrons. The van der Waals surface area contributed by atoms with Gasteiger partial charge in [0.1, 0.15) is 5.78 Å². The van der Waals surface area contributed by atoms with Gasteiger partial charge in [-0.15, -0.1) is 0 Å². The molecule has 0 aromatic carbocycles. The Balaban J connectivity index is 5.59. The van der Waals surface area contributed by atoms with Crippen LogP contribution in [0.5, 0.6) is 0 Å². The van der Waals surface area contributed by atoms with Crippen LogP contribution in [0.1, 0.15) is 20.3 Å². The predicted molar refractivity (Wildman–Crippen MR) is 52.8 cm³/mol. The van der Waals surface area contributed by atoms with E-state index in [1.807, 2.05) is 0 Å². The molecule has 0 aliphatic carbocycles. The van der Waals surface area contributed by atoms with Crippen molar-refractivity contribution in [2.45, 2.75) is 20.3 Å². The molecule has 0 saturated carbocycles. The standard InChI is InChI=1S/C11H10N4O/c1-3-10(16)8(2)11(6-14,7-15)9(4-12)5-13/h8-9H,3H2,1-2H3. The minimum absolute atomic E-state index is 0.163. The Morgan fingerprint density at radius 3 is 1.88 bits per heavy atom. The fraction of sp³-hybridized carbons (Fsp3) is 0.545. The Morgan fingerprint density at radius 1 is 1.19 bits per heavy atom. The van der Waals surface area contributed by atoms with E-state index >= 15 is 0 Å². The van der Waals surface area contributed by atoms with Crippen molar-refractivity contribution < 1.29 is 4.79 Å². The van der Waals surface area contributed by atoms with Crippen LogP contribution in [-0.4, -0.2) is 5.78 Å². The van der Waals surface area contributed by atoms with E-state index in [-0.39, 0.29) is 12.2 Å². The van der Waals surface area contributed by atoms with Gasteiger partial charge in [0.05, 0.1) is 24.3 Å². The van der Waals surface area contributed by atoms with Gasteiger partial charge in [-0.05, 0) is 0 Å². The Kier molecular flexibility index (Phi) is 4.68.